The lowest BCUT2D eigenvalue weighted by atomic mass is 10.2. The molecule has 0 saturated carbocycles. The van der Waals surface area contributed by atoms with E-state index in [1.54, 1.807) is 25.7 Å². The van der Waals surface area contributed by atoms with Crippen LogP contribution in [-0.2, 0) is 17.9 Å². The number of benzene rings is 1. The number of nitrogens with zero attached hydrogens (tertiary/aromatic N) is 3. The molecule has 1 amide bonds. The molecular formula is C16H20N4O2. The fraction of sp³-hybridized carbons (Fsp3) is 0.312. The average Bonchev–Trinajstić information content (AvgIpc) is 2.54. The Morgan fingerprint density at radius 2 is 2.14 bits per heavy atom. The highest BCUT2D eigenvalue weighted by Crippen LogP contribution is 2.16. The smallest absolute Gasteiger partial charge is 0.234 e. The summed E-state index contributed by atoms with van der Waals surface area (Å²) in [6.45, 7) is 1.32. The Kier molecular flexibility index (Phi) is 5.85. The maximum absolute atomic E-state index is 12.0. The molecule has 0 spiro atoms. The summed E-state index contributed by atoms with van der Waals surface area (Å²) in [5.41, 5.74) is 1.79. The van der Waals surface area contributed by atoms with Crippen LogP contribution in [0.2, 0.25) is 0 Å². The van der Waals surface area contributed by atoms with Gasteiger partial charge < -0.3 is 10.1 Å². The van der Waals surface area contributed by atoms with Gasteiger partial charge in [-0.2, -0.15) is 0 Å². The van der Waals surface area contributed by atoms with Crippen molar-refractivity contribution in [3.8, 4) is 5.75 Å². The summed E-state index contributed by atoms with van der Waals surface area (Å²) < 4.78 is 5.26. The minimum atomic E-state index is -0.0442. The van der Waals surface area contributed by atoms with Crippen LogP contribution in [0.3, 0.4) is 0 Å². The van der Waals surface area contributed by atoms with Crippen LogP contribution < -0.4 is 10.1 Å². The van der Waals surface area contributed by atoms with E-state index < -0.39 is 0 Å². The molecule has 2 aromatic rings. The van der Waals surface area contributed by atoms with E-state index in [4.69, 9.17) is 4.74 Å². The van der Waals surface area contributed by atoms with Crippen LogP contribution in [0, 0.1) is 0 Å². The third kappa shape index (κ3) is 4.82. The minimum Gasteiger partial charge on any atom is -0.496 e. The Morgan fingerprint density at radius 3 is 2.86 bits per heavy atom. The molecule has 2 rings (SSSR count). The van der Waals surface area contributed by atoms with Crippen molar-refractivity contribution in [1.29, 1.82) is 0 Å². The number of nitrogens with one attached hydrogen (secondary N) is 1. The SMILES string of the molecule is COc1ccccc1CNC(=O)CN(C)Cc1cnccn1. The first-order valence-electron chi connectivity index (χ1n) is 7.01. The van der Waals surface area contributed by atoms with Gasteiger partial charge in [-0.15, -0.1) is 0 Å². The van der Waals surface area contributed by atoms with Crippen molar-refractivity contribution in [2.24, 2.45) is 0 Å². The normalized spacial score (nSPS) is 10.5. The summed E-state index contributed by atoms with van der Waals surface area (Å²) >= 11 is 0. The van der Waals surface area contributed by atoms with Gasteiger partial charge in [-0.1, -0.05) is 18.2 Å². The lowest BCUT2D eigenvalue weighted by Crippen LogP contribution is -2.34. The van der Waals surface area contributed by atoms with Crippen LogP contribution in [0.4, 0.5) is 0 Å². The number of amides is 1. The molecule has 0 radical (unpaired) electrons. The van der Waals surface area contributed by atoms with Gasteiger partial charge in [-0.25, -0.2) is 0 Å². The standard InChI is InChI=1S/C16H20N4O2/c1-20(11-14-10-17-7-8-18-14)12-16(21)19-9-13-5-3-4-6-15(13)22-2/h3-8,10H,9,11-12H2,1-2H3,(H,19,21). The molecule has 22 heavy (non-hydrogen) atoms. The molecule has 0 bridgehead atoms. The van der Waals surface area contributed by atoms with Gasteiger partial charge in [0.25, 0.3) is 0 Å². The number of methoxy groups -OCH3 is 1. The summed E-state index contributed by atoms with van der Waals surface area (Å²) in [6.07, 6.45) is 4.97. The quantitative estimate of drug-likeness (QED) is 0.833. The number of ether oxygens (including phenoxy) is 1. The van der Waals surface area contributed by atoms with E-state index in [0.717, 1.165) is 17.0 Å². The molecule has 0 aliphatic carbocycles. The van der Waals surface area contributed by atoms with E-state index in [1.807, 2.05) is 36.2 Å². The second kappa shape index (κ2) is 8.09. The first-order valence-corrected chi connectivity index (χ1v) is 7.01. The van der Waals surface area contributed by atoms with Crippen LogP contribution in [0.15, 0.2) is 42.9 Å². The third-order valence-corrected chi connectivity index (χ3v) is 3.13. The highest BCUT2D eigenvalue weighted by Gasteiger charge is 2.09. The van der Waals surface area contributed by atoms with Crippen molar-refractivity contribution in [3.05, 3.63) is 54.1 Å². The van der Waals surface area contributed by atoms with Crippen molar-refractivity contribution in [1.82, 2.24) is 20.2 Å². The van der Waals surface area contributed by atoms with Crippen molar-refractivity contribution >= 4 is 5.91 Å². The topological polar surface area (TPSA) is 67.3 Å². The first kappa shape index (κ1) is 15.9. The first-order chi connectivity index (χ1) is 10.7. The zero-order valence-electron chi connectivity index (χ0n) is 12.8. The predicted molar refractivity (Wildman–Crippen MR) is 83.2 cm³/mol. The minimum absolute atomic E-state index is 0.0442. The van der Waals surface area contributed by atoms with Gasteiger partial charge in [0.05, 0.1) is 19.3 Å². The third-order valence-electron chi connectivity index (χ3n) is 3.13. The van der Waals surface area contributed by atoms with Crippen LogP contribution in [0.25, 0.3) is 0 Å². The molecule has 1 aromatic heterocycles. The largest absolute Gasteiger partial charge is 0.496 e. The highest BCUT2D eigenvalue weighted by molar-refractivity contribution is 5.78. The number of rotatable bonds is 7. The van der Waals surface area contributed by atoms with Gasteiger partial charge in [0.15, 0.2) is 0 Å². The van der Waals surface area contributed by atoms with Crippen LogP contribution in [0.1, 0.15) is 11.3 Å². The number of likely N-dealkylation sites (N-methyl/N-ethyl adjacent to an activating group) is 1. The Labute approximate surface area is 130 Å². The van der Waals surface area contributed by atoms with E-state index in [0.29, 0.717) is 19.6 Å². The monoisotopic (exact) mass is 300 g/mol. The van der Waals surface area contributed by atoms with E-state index in [-0.39, 0.29) is 5.91 Å². The number of hydrogen-bond acceptors (Lipinski definition) is 5. The fourth-order valence-electron chi connectivity index (χ4n) is 2.09. The van der Waals surface area contributed by atoms with Crippen molar-refractivity contribution in [2.75, 3.05) is 20.7 Å². The Bertz CT molecular complexity index is 604. The Hall–Kier alpha value is -2.47. The maximum Gasteiger partial charge on any atom is 0.234 e. The zero-order chi connectivity index (χ0) is 15.8. The number of para-hydroxylation sites is 1. The fourth-order valence-corrected chi connectivity index (χ4v) is 2.09. The molecule has 0 aliphatic rings. The average molecular weight is 300 g/mol. The molecule has 0 atom stereocenters. The second-order valence-corrected chi connectivity index (χ2v) is 4.96. The van der Waals surface area contributed by atoms with Gasteiger partial charge in [0, 0.05) is 37.2 Å². The summed E-state index contributed by atoms with van der Waals surface area (Å²) in [7, 11) is 3.49. The number of carbonyl (C=O) groups is 1. The molecule has 1 heterocycles. The van der Waals surface area contributed by atoms with E-state index >= 15 is 0 Å². The molecule has 6 heteroatoms. The molecule has 0 fully saturated rings. The van der Waals surface area contributed by atoms with Crippen molar-refractivity contribution < 1.29 is 9.53 Å². The molecule has 6 nitrogen and oxygen atoms in total. The van der Waals surface area contributed by atoms with E-state index in [1.165, 1.54) is 0 Å². The number of aromatic nitrogens is 2. The molecule has 0 unspecified atom stereocenters. The lowest BCUT2D eigenvalue weighted by molar-refractivity contribution is -0.122. The number of hydrogen-bond donors (Lipinski definition) is 1. The second-order valence-electron chi connectivity index (χ2n) is 4.96. The number of carbonyl (C=O) groups excluding carboxylic acids is 1. The van der Waals surface area contributed by atoms with Crippen LogP contribution in [0.5, 0.6) is 5.75 Å². The van der Waals surface area contributed by atoms with Gasteiger partial charge >= 0.3 is 0 Å². The predicted octanol–water partition coefficient (Wildman–Crippen LogP) is 1.23. The summed E-state index contributed by atoms with van der Waals surface area (Å²) in [4.78, 5) is 22.1. The molecular weight excluding hydrogens is 280 g/mol. The van der Waals surface area contributed by atoms with Crippen molar-refractivity contribution in [3.63, 3.8) is 0 Å². The van der Waals surface area contributed by atoms with Crippen LogP contribution in [-0.4, -0.2) is 41.5 Å². The molecule has 0 aliphatic heterocycles. The summed E-state index contributed by atoms with van der Waals surface area (Å²) in [6, 6.07) is 7.63. The van der Waals surface area contributed by atoms with E-state index in [9.17, 15) is 4.79 Å². The van der Waals surface area contributed by atoms with Gasteiger partial charge in [-0.05, 0) is 13.1 Å². The summed E-state index contributed by atoms with van der Waals surface area (Å²) in [5, 5.41) is 2.89. The lowest BCUT2D eigenvalue weighted by Gasteiger charge is -2.16. The Balaban J connectivity index is 1.80. The maximum atomic E-state index is 12.0. The Morgan fingerprint density at radius 1 is 1.32 bits per heavy atom. The molecule has 1 aromatic carbocycles. The van der Waals surface area contributed by atoms with E-state index in [2.05, 4.69) is 15.3 Å². The molecule has 116 valence electrons. The van der Waals surface area contributed by atoms with Crippen LogP contribution >= 0.6 is 0 Å². The summed E-state index contributed by atoms with van der Waals surface area (Å²) in [5.74, 6) is 0.730. The highest BCUT2D eigenvalue weighted by atomic mass is 16.5. The van der Waals surface area contributed by atoms with Gasteiger partial charge in [-0.3, -0.25) is 19.7 Å². The van der Waals surface area contributed by atoms with Gasteiger partial charge in [0.2, 0.25) is 5.91 Å². The molecule has 1 N–H and O–H groups in total. The van der Waals surface area contributed by atoms with Gasteiger partial charge in [0.1, 0.15) is 5.75 Å². The zero-order valence-corrected chi connectivity index (χ0v) is 12.8. The van der Waals surface area contributed by atoms with Crippen molar-refractivity contribution in [2.45, 2.75) is 13.1 Å². The molecule has 0 saturated heterocycles.